The number of methoxy groups -OCH3 is 1. The first kappa shape index (κ1) is 16.1. The van der Waals surface area contributed by atoms with Crippen molar-refractivity contribution in [3.8, 4) is 11.3 Å². The number of hydrogen-bond acceptors (Lipinski definition) is 5. The lowest BCUT2D eigenvalue weighted by Gasteiger charge is -2.03. The second-order valence-electron chi connectivity index (χ2n) is 4.49. The largest absolute Gasteiger partial charge is 0.383 e. The van der Waals surface area contributed by atoms with E-state index in [4.69, 9.17) is 4.74 Å². The number of carbonyl (C=O) groups excluding carboxylic acids is 2. The first-order valence-electron chi connectivity index (χ1n) is 6.72. The molecule has 0 saturated heterocycles. The van der Waals surface area contributed by atoms with Crippen LogP contribution >= 0.6 is 11.3 Å². The van der Waals surface area contributed by atoms with Crippen molar-refractivity contribution >= 4 is 28.3 Å². The highest BCUT2D eigenvalue weighted by molar-refractivity contribution is 7.18. The summed E-state index contributed by atoms with van der Waals surface area (Å²) in [6.07, 6.45) is 0. The monoisotopic (exact) mass is 319 g/mol. The van der Waals surface area contributed by atoms with Crippen molar-refractivity contribution in [2.45, 2.75) is 6.92 Å². The molecule has 2 N–H and O–H groups in total. The van der Waals surface area contributed by atoms with Gasteiger partial charge in [0.25, 0.3) is 0 Å². The molecular weight excluding hydrogens is 302 g/mol. The lowest BCUT2D eigenvalue weighted by atomic mass is 10.1. The minimum atomic E-state index is -0.375. The minimum Gasteiger partial charge on any atom is -0.383 e. The second-order valence-corrected chi connectivity index (χ2v) is 5.49. The van der Waals surface area contributed by atoms with Gasteiger partial charge in [0, 0.05) is 26.1 Å². The van der Waals surface area contributed by atoms with Gasteiger partial charge in [0.05, 0.1) is 17.2 Å². The molecule has 0 unspecified atom stereocenters. The molecule has 7 heteroatoms. The molecule has 0 aliphatic heterocycles. The first-order valence-corrected chi connectivity index (χ1v) is 7.54. The van der Waals surface area contributed by atoms with Crippen molar-refractivity contribution < 1.29 is 14.3 Å². The standard InChI is InChI=1S/C15H17N3O3S/c1-10(19)13-12(11-6-4-3-5-7-11)17-15(22-13)18-14(20)16-8-9-21-2/h3-7H,8-9H2,1-2H3,(H2,16,17,18,20). The predicted molar refractivity (Wildman–Crippen MR) is 86.5 cm³/mol. The average Bonchev–Trinajstić information content (AvgIpc) is 2.92. The zero-order chi connectivity index (χ0) is 15.9. The highest BCUT2D eigenvalue weighted by Gasteiger charge is 2.17. The Hall–Kier alpha value is -2.25. The van der Waals surface area contributed by atoms with Crippen molar-refractivity contribution in [2.24, 2.45) is 0 Å². The normalized spacial score (nSPS) is 10.3. The third-order valence-electron chi connectivity index (χ3n) is 2.81. The summed E-state index contributed by atoms with van der Waals surface area (Å²) in [6.45, 7) is 2.32. The SMILES string of the molecule is COCCNC(=O)Nc1nc(-c2ccccc2)c(C(C)=O)s1. The summed E-state index contributed by atoms with van der Waals surface area (Å²) in [5.74, 6) is -0.0794. The van der Waals surface area contributed by atoms with Crippen LogP contribution in [0.15, 0.2) is 30.3 Å². The van der Waals surface area contributed by atoms with Crippen LogP contribution in [0.2, 0.25) is 0 Å². The van der Waals surface area contributed by atoms with Gasteiger partial charge in [0.15, 0.2) is 10.9 Å². The van der Waals surface area contributed by atoms with Gasteiger partial charge < -0.3 is 10.1 Å². The van der Waals surface area contributed by atoms with Crippen molar-refractivity contribution in [1.82, 2.24) is 10.3 Å². The lowest BCUT2D eigenvalue weighted by Crippen LogP contribution is -2.31. The molecule has 1 heterocycles. The molecule has 0 aliphatic rings. The van der Waals surface area contributed by atoms with Crippen LogP contribution in [0.1, 0.15) is 16.6 Å². The number of urea groups is 1. The lowest BCUT2D eigenvalue weighted by molar-refractivity contribution is 0.102. The number of ether oxygens (including phenoxy) is 1. The van der Waals surface area contributed by atoms with E-state index in [-0.39, 0.29) is 11.8 Å². The molecule has 2 amide bonds. The number of carbonyl (C=O) groups is 2. The summed E-state index contributed by atoms with van der Waals surface area (Å²) in [5.41, 5.74) is 1.43. The fourth-order valence-corrected chi connectivity index (χ4v) is 2.69. The van der Waals surface area contributed by atoms with E-state index >= 15 is 0 Å². The fraction of sp³-hybridized carbons (Fsp3) is 0.267. The van der Waals surface area contributed by atoms with Crippen LogP contribution in [0.25, 0.3) is 11.3 Å². The molecule has 2 aromatic rings. The molecular formula is C15H17N3O3S. The van der Waals surface area contributed by atoms with E-state index in [1.807, 2.05) is 30.3 Å². The Morgan fingerprint density at radius 2 is 2.00 bits per heavy atom. The zero-order valence-electron chi connectivity index (χ0n) is 12.4. The molecule has 0 bridgehead atoms. The second kappa shape index (κ2) is 7.67. The summed E-state index contributed by atoms with van der Waals surface area (Å²) in [7, 11) is 1.56. The molecule has 0 fully saturated rings. The molecule has 22 heavy (non-hydrogen) atoms. The Labute approximate surface area is 132 Å². The van der Waals surface area contributed by atoms with Crippen LogP contribution in [0.3, 0.4) is 0 Å². The maximum absolute atomic E-state index is 11.8. The molecule has 0 aliphatic carbocycles. The van der Waals surface area contributed by atoms with Crippen LogP contribution in [0.4, 0.5) is 9.93 Å². The summed E-state index contributed by atoms with van der Waals surface area (Å²) in [6, 6.07) is 9.03. The maximum atomic E-state index is 11.8. The molecule has 116 valence electrons. The number of thiazole rings is 1. The van der Waals surface area contributed by atoms with Gasteiger partial charge in [-0.2, -0.15) is 0 Å². The van der Waals surface area contributed by atoms with E-state index in [2.05, 4.69) is 15.6 Å². The third kappa shape index (κ3) is 4.12. The molecule has 0 saturated carbocycles. The molecule has 0 radical (unpaired) electrons. The minimum absolute atomic E-state index is 0.0794. The smallest absolute Gasteiger partial charge is 0.321 e. The zero-order valence-corrected chi connectivity index (χ0v) is 13.2. The van der Waals surface area contributed by atoms with Gasteiger partial charge in [-0.25, -0.2) is 9.78 Å². The maximum Gasteiger partial charge on any atom is 0.321 e. The van der Waals surface area contributed by atoms with E-state index in [0.29, 0.717) is 28.9 Å². The Morgan fingerprint density at radius 1 is 1.27 bits per heavy atom. The molecule has 1 aromatic carbocycles. The Kier molecular flexibility index (Phi) is 5.62. The van der Waals surface area contributed by atoms with Crippen LogP contribution in [-0.4, -0.2) is 37.1 Å². The van der Waals surface area contributed by atoms with Gasteiger partial charge >= 0.3 is 6.03 Å². The Balaban J connectivity index is 2.17. The number of aromatic nitrogens is 1. The number of ketones is 1. The van der Waals surface area contributed by atoms with Crippen molar-refractivity contribution in [1.29, 1.82) is 0 Å². The Bertz CT molecular complexity index is 655. The summed E-state index contributed by atoms with van der Waals surface area (Å²) in [5, 5.41) is 5.66. The van der Waals surface area contributed by atoms with Gasteiger partial charge in [-0.3, -0.25) is 10.1 Å². The van der Waals surface area contributed by atoms with Gasteiger partial charge in [0.2, 0.25) is 0 Å². The number of Topliss-reactive ketones (excluding diaryl/α,β-unsaturated/α-hetero) is 1. The highest BCUT2D eigenvalue weighted by Crippen LogP contribution is 2.31. The number of nitrogens with one attached hydrogen (secondary N) is 2. The van der Waals surface area contributed by atoms with Crippen LogP contribution in [0, 0.1) is 0 Å². The number of anilines is 1. The van der Waals surface area contributed by atoms with Gasteiger partial charge in [-0.05, 0) is 0 Å². The first-order chi connectivity index (χ1) is 10.6. The third-order valence-corrected chi connectivity index (χ3v) is 3.88. The number of hydrogen-bond donors (Lipinski definition) is 2. The van der Waals surface area contributed by atoms with Crippen molar-refractivity contribution in [2.75, 3.05) is 25.6 Å². The molecule has 0 spiro atoms. The summed E-state index contributed by atoms with van der Waals surface area (Å²) in [4.78, 5) is 28.4. The van der Waals surface area contributed by atoms with Crippen molar-refractivity contribution in [3.05, 3.63) is 35.2 Å². The van der Waals surface area contributed by atoms with Crippen LogP contribution < -0.4 is 10.6 Å². The highest BCUT2D eigenvalue weighted by atomic mass is 32.1. The molecule has 2 rings (SSSR count). The van der Waals surface area contributed by atoms with Crippen LogP contribution in [0.5, 0.6) is 0 Å². The van der Waals surface area contributed by atoms with Gasteiger partial charge in [-0.1, -0.05) is 41.7 Å². The van der Waals surface area contributed by atoms with E-state index in [1.54, 1.807) is 7.11 Å². The topological polar surface area (TPSA) is 80.3 Å². The molecule has 6 nitrogen and oxygen atoms in total. The summed E-state index contributed by atoms with van der Waals surface area (Å²) < 4.78 is 4.85. The number of amides is 2. The van der Waals surface area contributed by atoms with E-state index in [9.17, 15) is 9.59 Å². The average molecular weight is 319 g/mol. The Morgan fingerprint density at radius 3 is 2.64 bits per heavy atom. The van der Waals surface area contributed by atoms with Crippen LogP contribution in [-0.2, 0) is 4.74 Å². The number of benzene rings is 1. The van der Waals surface area contributed by atoms with Gasteiger partial charge in [-0.15, -0.1) is 0 Å². The quantitative estimate of drug-likeness (QED) is 0.634. The summed E-state index contributed by atoms with van der Waals surface area (Å²) >= 11 is 1.17. The molecule has 1 aromatic heterocycles. The fourth-order valence-electron chi connectivity index (χ4n) is 1.81. The van der Waals surface area contributed by atoms with E-state index in [0.717, 1.165) is 5.56 Å². The predicted octanol–water partition coefficient (Wildman–Crippen LogP) is 2.78. The number of rotatable bonds is 6. The molecule has 0 atom stereocenters. The number of nitrogens with zero attached hydrogens (tertiary/aromatic N) is 1. The van der Waals surface area contributed by atoms with E-state index in [1.165, 1.54) is 18.3 Å². The van der Waals surface area contributed by atoms with E-state index < -0.39 is 0 Å². The van der Waals surface area contributed by atoms with Crippen molar-refractivity contribution in [3.63, 3.8) is 0 Å². The van der Waals surface area contributed by atoms with Gasteiger partial charge in [0.1, 0.15) is 0 Å².